The molecule has 1 aromatic rings. The van der Waals surface area contributed by atoms with Gasteiger partial charge in [-0.2, -0.15) is 18.4 Å². The van der Waals surface area contributed by atoms with Gasteiger partial charge in [-0.25, -0.2) is 4.79 Å². The Balaban J connectivity index is 1.80. The molecule has 162 valence electrons. The Bertz CT molecular complexity index is 885. The number of alkyl halides is 3. The van der Waals surface area contributed by atoms with Crippen LogP contribution in [0.4, 0.5) is 23.7 Å². The lowest BCUT2D eigenvalue weighted by Gasteiger charge is -2.42. The van der Waals surface area contributed by atoms with Gasteiger partial charge in [0.25, 0.3) is 0 Å². The lowest BCUT2D eigenvalue weighted by Crippen LogP contribution is -2.47. The third-order valence-electron chi connectivity index (χ3n) is 6.20. The molecule has 30 heavy (non-hydrogen) atoms. The molecule has 0 aromatic heterocycles. The number of nitrogens with zero attached hydrogens (tertiary/aromatic N) is 4. The van der Waals surface area contributed by atoms with E-state index in [0.29, 0.717) is 38.2 Å². The van der Waals surface area contributed by atoms with Gasteiger partial charge in [-0.05, 0) is 31.0 Å². The van der Waals surface area contributed by atoms with Crippen molar-refractivity contribution in [3.05, 3.63) is 29.3 Å². The average molecular weight is 423 g/mol. The minimum atomic E-state index is -4.62. The molecule has 3 rings (SSSR count). The van der Waals surface area contributed by atoms with Crippen molar-refractivity contribution in [1.82, 2.24) is 9.80 Å². The van der Waals surface area contributed by atoms with Crippen molar-refractivity contribution in [2.75, 3.05) is 45.2 Å². The van der Waals surface area contributed by atoms with Crippen LogP contribution < -0.4 is 10.6 Å². The largest absolute Gasteiger partial charge is 0.417 e. The number of amides is 3. The highest BCUT2D eigenvalue weighted by Crippen LogP contribution is 2.46. The Hall–Kier alpha value is -2.96. The number of primary amides is 1. The fraction of sp³-hybridized carbons (Fsp3) is 0.550. The first kappa shape index (κ1) is 21.7. The van der Waals surface area contributed by atoms with E-state index in [1.165, 1.54) is 17.0 Å². The molecule has 7 nitrogen and oxygen atoms in total. The third kappa shape index (κ3) is 3.88. The van der Waals surface area contributed by atoms with Crippen molar-refractivity contribution in [2.24, 2.45) is 17.1 Å². The Morgan fingerprint density at radius 3 is 2.40 bits per heavy atom. The molecule has 2 saturated heterocycles. The summed E-state index contributed by atoms with van der Waals surface area (Å²) in [5, 5.41) is 8.97. The zero-order valence-electron chi connectivity index (χ0n) is 16.9. The van der Waals surface area contributed by atoms with Gasteiger partial charge in [-0.15, -0.1) is 0 Å². The highest BCUT2D eigenvalue weighted by atomic mass is 19.4. The molecule has 2 fully saturated rings. The summed E-state index contributed by atoms with van der Waals surface area (Å²) in [5.74, 6) is -0.953. The molecule has 0 radical (unpaired) electrons. The molecule has 0 saturated carbocycles. The van der Waals surface area contributed by atoms with Crippen LogP contribution in [0.5, 0.6) is 0 Å². The summed E-state index contributed by atoms with van der Waals surface area (Å²) in [4.78, 5) is 29.3. The normalized spacial score (nSPS) is 20.9. The number of carbonyl (C=O) groups is 2. The van der Waals surface area contributed by atoms with E-state index in [-0.39, 0.29) is 12.6 Å². The molecule has 0 aliphatic carbocycles. The molecular formula is C20H24F3N5O2. The quantitative estimate of drug-likeness (QED) is 0.790. The number of benzene rings is 1. The molecule has 1 aromatic carbocycles. The van der Waals surface area contributed by atoms with Gasteiger partial charge in [0.05, 0.1) is 23.1 Å². The predicted octanol–water partition coefficient (Wildman–Crippen LogP) is 2.26. The number of hydrogen-bond acceptors (Lipinski definition) is 4. The maximum absolute atomic E-state index is 13.3. The van der Waals surface area contributed by atoms with E-state index in [9.17, 15) is 22.8 Å². The van der Waals surface area contributed by atoms with E-state index >= 15 is 0 Å². The Morgan fingerprint density at radius 2 is 1.90 bits per heavy atom. The zero-order valence-corrected chi connectivity index (χ0v) is 16.9. The van der Waals surface area contributed by atoms with Crippen LogP contribution in [0.3, 0.4) is 0 Å². The van der Waals surface area contributed by atoms with E-state index in [4.69, 9.17) is 11.0 Å². The second-order valence-electron chi connectivity index (χ2n) is 8.20. The van der Waals surface area contributed by atoms with Gasteiger partial charge in [0.1, 0.15) is 0 Å². The SMILES string of the molecule is CN(C)C(=O)N1CC(C(N)=O)C2(CCN(c3ccc(C#N)c(C(F)(F)F)c3)CC2)C1. The molecular weight excluding hydrogens is 399 g/mol. The van der Waals surface area contributed by atoms with E-state index in [1.807, 2.05) is 4.90 Å². The molecule has 2 heterocycles. The van der Waals surface area contributed by atoms with E-state index < -0.39 is 34.5 Å². The van der Waals surface area contributed by atoms with Crippen molar-refractivity contribution in [1.29, 1.82) is 5.26 Å². The molecule has 1 unspecified atom stereocenters. The first-order chi connectivity index (χ1) is 14.0. The zero-order chi connectivity index (χ0) is 22.3. The minimum absolute atomic E-state index is 0.192. The van der Waals surface area contributed by atoms with E-state index in [0.717, 1.165) is 6.07 Å². The van der Waals surface area contributed by atoms with E-state index in [2.05, 4.69) is 0 Å². The van der Waals surface area contributed by atoms with Crippen LogP contribution in [-0.2, 0) is 11.0 Å². The second kappa shape index (κ2) is 7.70. The van der Waals surface area contributed by atoms with Crippen LogP contribution in [-0.4, -0.2) is 62.0 Å². The summed E-state index contributed by atoms with van der Waals surface area (Å²) in [6.07, 6.45) is -3.56. The van der Waals surface area contributed by atoms with Crippen molar-refractivity contribution in [3.8, 4) is 6.07 Å². The fourth-order valence-electron chi connectivity index (χ4n) is 4.57. The number of hydrogen-bond donors (Lipinski definition) is 1. The maximum atomic E-state index is 13.3. The average Bonchev–Trinajstić information content (AvgIpc) is 3.06. The summed E-state index contributed by atoms with van der Waals surface area (Å²) >= 11 is 0. The number of carbonyl (C=O) groups excluding carboxylic acids is 2. The van der Waals surface area contributed by atoms with Crippen molar-refractivity contribution in [2.45, 2.75) is 19.0 Å². The third-order valence-corrected chi connectivity index (χ3v) is 6.20. The summed E-state index contributed by atoms with van der Waals surface area (Å²) in [6, 6.07) is 5.08. The van der Waals surface area contributed by atoms with Gasteiger partial charge in [-0.1, -0.05) is 0 Å². The molecule has 10 heteroatoms. The van der Waals surface area contributed by atoms with Crippen molar-refractivity contribution >= 4 is 17.6 Å². The lowest BCUT2D eigenvalue weighted by atomic mass is 9.70. The molecule has 2 aliphatic heterocycles. The van der Waals surface area contributed by atoms with E-state index in [1.54, 1.807) is 25.1 Å². The van der Waals surface area contributed by atoms with Gasteiger partial charge in [0, 0.05) is 51.4 Å². The van der Waals surface area contributed by atoms with Gasteiger partial charge in [0.15, 0.2) is 0 Å². The van der Waals surface area contributed by atoms with Crippen LogP contribution in [0.1, 0.15) is 24.0 Å². The highest BCUT2D eigenvalue weighted by molar-refractivity contribution is 5.81. The number of halogens is 3. The molecule has 2 N–H and O–H groups in total. The smallest absolute Gasteiger partial charge is 0.371 e. The lowest BCUT2D eigenvalue weighted by molar-refractivity contribution is -0.137. The number of likely N-dealkylation sites (tertiary alicyclic amines) is 1. The van der Waals surface area contributed by atoms with Crippen LogP contribution in [0, 0.1) is 22.7 Å². The second-order valence-corrected chi connectivity index (χ2v) is 8.20. The Labute approximate surface area is 172 Å². The Morgan fingerprint density at radius 1 is 1.27 bits per heavy atom. The molecule has 3 amide bonds. The monoisotopic (exact) mass is 423 g/mol. The standard InChI is InChI=1S/C20H24F3N5O2/c1-26(2)18(30)28-11-16(17(25)29)19(12-28)5-7-27(8-6-19)14-4-3-13(10-24)15(9-14)20(21,22)23/h3-4,9,16H,5-8,11-12H2,1-2H3,(H2,25,29). The molecule has 1 atom stereocenters. The van der Waals surface area contributed by atoms with Crippen molar-refractivity contribution < 1.29 is 22.8 Å². The first-order valence-corrected chi connectivity index (χ1v) is 9.60. The summed E-state index contributed by atoms with van der Waals surface area (Å²) in [7, 11) is 3.27. The van der Waals surface area contributed by atoms with Crippen molar-refractivity contribution in [3.63, 3.8) is 0 Å². The van der Waals surface area contributed by atoms with Gasteiger partial charge in [0.2, 0.25) is 5.91 Å². The first-order valence-electron chi connectivity index (χ1n) is 9.60. The van der Waals surface area contributed by atoms with Crippen LogP contribution in [0.25, 0.3) is 0 Å². The van der Waals surface area contributed by atoms with Gasteiger partial charge >= 0.3 is 12.2 Å². The summed E-state index contributed by atoms with van der Waals surface area (Å²) < 4.78 is 39.9. The summed E-state index contributed by atoms with van der Waals surface area (Å²) in [6.45, 7) is 1.50. The van der Waals surface area contributed by atoms with Crippen LogP contribution in [0.2, 0.25) is 0 Å². The van der Waals surface area contributed by atoms with Gasteiger partial charge in [-0.3, -0.25) is 4.79 Å². The number of nitriles is 1. The number of rotatable bonds is 2. The molecule has 0 bridgehead atoms. The Kier molecular flexibility index (Phi) is 5.58. The number of anilines is 1. The molecule has 2 aliphatic rings. The number of nitrogens with two attached hydrogens (primary N) is 1. The van der Waals surface area contributed by atoms with Gasteiger partial charge < -0.3 is 20.4 Å². The van der Waals surface area contributed by atoms with Crippen LogP contribution in [0.15, 0.2) is 18.2 Å². The fourth-order valence-corrected chi connectivity index (χ4v) is 4.57. The maximum Gasteiger partial charge on any atom is 0.417 e. The molecule has 1 spiro atoms. The minimum Gasteiger partial charge on any atom is -0.371 e. The predicted molar refractivity (Wildman–Crippen MR) is 103 cm³/mol. The highest BCUT2D eigenvalue weighted by Gasteiger charge is 2.52. The van der Waals surface area contributed by atoms with Crippen LogP contribution >= 0.6 is 0 Å². The number of urea groups is 1. The number of piperidine rings is 1. The topological polar surface area (TPSA) is 93.7 Å². The summed E-state index contributed by atoms with van der Waals surface area (Å²) in [5.41, 5.74) is 4.16.